The molecule has 1 aromatic heterocycles. The molecular formula is C15H19ClN4O2. The Morgan fingerprint density at radius 2 is 2.23 bits per heavy atom. The van der Waals surface area contributed by atoms with Gasteiger partial charge in [-0.1, -0.05) is 23.7 Å². The number of carbonyl (C=O) groups excluding carboxylic acids is 1. The normalized spacial score (nSPS) is 13.5. The number of aryl methyl sites for hydroxylation is 2. The maximum absolute atomic E-state index is 11.9. The molecule has 0 fully saturated rings. The lowest BCUT2D eigenvalue weighted by Crippen LogP contribution is -2.40. The minimum absolute atomic E-state index is 0.0496. The predicted octanol–water partition coefficient (Wildman–Crippen LogP) is 2.41. The second kappa shape index (κ2) is 6.37. The van der Waals surface area contributed by atoms with Gasteiger partial charge in [-0.15, -0.1) is 0 Å². The van der Waals surface area contributed by atoms with Crippen LogP contribution >= 0.6 is 11.6 Å². The highest BCUT2D eigenvalue weighted by atomic mass is 35.5. The Labute approximate surface area is 134 Å². The summed E-state index contributed by atoms with van der Waals surface area (Å²) in [6, 6.07) is 4.95. The molecule has 0 aliphatic carbocycles. The Balaban J connectivity index is 1.96. The zero-order valence-electron chi connectivity index (χ0n) is 12.7. The van der Waals surface area contributed by atoms with Gasteiger partial charge in [0.25, 0.3) is 0 Å². The number of nitrogens with one attached hydrogen (secondary N) is 2. The van der Waals surface area contributed by atoms with Crippen LogP contribution in [-0.2, 0) is 12.6 Å². The molecule has 0 spiro atoms. The fraction of sp³-hybridized carbons (Fsp3) is 0.333. The van der Waals surface area contributed by atoms with Gasteiger partial charge in [0.1, 0.15) is 5.60 Å². The summed E-state index contributed by atoms with van der Waals surface area (Å²) in [5, 5.41) is 20.2. The molecule has 1 heterocycles. The average molecular weight is 323 g/mol. The lowest BCUT2D eigenvalue weighted by Gasteiger charge is -2.22. The highest BCUT2D eigenvalue weighted by molar-refractivity contribution is 6.34. The summed E-state index contributed by atoms with van der Waals surface area (Å²) in [7, 11) is 1.76. The summed E-state index contributed by atoms with van der Waals surface area (Å²) >= 11 is 6.12. The van der Waals surface area contributed by atoms with Crippen molar-refractivity contribution in [3.63, 3.8) is 0 Å². The van der Waals surface area contributed by atoms with Crippen LogP contribution in [0.1, 0.15) is 18.1 Å². The summed E-state index contributed by atoms with van der Waals surface area (Å²) in [5.74, 6) is 0. The number of urea groups is 1. The van der Waals surface area contributed by atoms with E-state index in [9.17, 15) is 9.90 Å². The standard InChI is InChI=1S/C15H19ClN4O2/c1-10-5-4-6-12(13(10)16)19-14(21)17-9-15(2,22)11-7-18-20(3)8-11/h4-8,22H,9H2,1-3H3,(H2,17,19,21). The molecule has 118 valence electrons. The van der Waals surface area contributed by atoms with E-state index in [0.717, 1.165) is 5.56 Å². The van der Waals surface area contributed by atoms with Gasteiger partial charge in [0.05, 0.1) is 23.5 Å². The van der Waals surface area contributed by atoms with Crippen LogP contribution in [0.4, 0.5) is 10.5 Å². The number of aliphatic hydroxyl groups is 1. The summed E-state index contributed by atoms with van der Waals surface area (Å²) in [5.41, 5.74) is 0.827. The first kappa shape index (κ1) is 16.3. The molecule has 0 saturated carbocycles. The maximum Gasteiger partial charge on any atom is 0.319 e. The lowest BCUT2D eigenvalue weighted by atomic mass is 10.00. The minimum Gasteiger partial charge on any atom is -0.383 e. The zero-order chi connectivity index (χ0) is 16.3. The molecule has 0 saturated heterocycles. The fourth-order valence-electron chi connectivity index (χ4n) is 1.96. The molecule has 0 aliphatic rings. The Morgan fingerprint density at radius 3 is 2.86 bits per heavy atom. The van der Waals surface area contributed by atoms with Crippen molar-refractivity contribution in [3.8, 4) is 0 Å². The van der Waals surface area contributed by atoms with E-state index in [1.807, 2.05) is 19.1 Å². The molecule has 1 atom stereocenters. The first-order chi connectivity index (χ1) is 10.3. The lowest BCUT2D eigenvalue weighted by molar-refractivity contribution is 0.0599. The zero-order valence-corrected chi connectivity index (χ0v) is 13.5. The molecule has 2 amide bonds. The molecule has 0 radical (unpaired) electrons. The van der Waals surface area contributed by atoms with Crippen LogP contribution in [-0.4, -0.2) is 27.5 Å². The van der Waals surface area contributed by atoms with E-state index in [0.29, 0.717) is 16.3 Å². The molecule has 2 aromatic rings. The van der Waals surface area contributed by atoms with E-state index in [1.54, 1.807) is 37.1 Å². The van der Waals surface area contributed by atoms with Crippen LogP contribution in [0.2, 0.25) is 5.02 Å². The third-order valence-electron chi connectivity index (χ3n) is 3.36. The van der Waals surface area contributed by atoms with Crippen molar-refractivity contribution < 1.29 is 9.90 Å². The van der Waals surface area contributed by atoms with E-state index in [2.05, 4.69) is 15.7 Å². The highest BCUT2D eigenvalue weighted by Crippen LogP contribution is 2.25. The second-order valence-electron chi connectivity index (χ2n) is 5.42. The molecule has 1 aromatic carbocycles. The van der Waals surface area contributed by atoms with E-state index >= 15 is 0 Å². The monoisotopic (exact) mass is 322 g/mol. The van der Waals surface area contributed by atoms with Crippen LogP contribution in [0.25, 0.3) is 0 Å². The highest BCUT2D eigenvalue weighted by Gasteiger charge is 2.25. The first-order valence-corrected chi connectivity index (χ1v) is 7.19. The summed E-state index contributed by atoms with van der Waals surface area (Å²) in [4.78, 5) is 11.9. The van der Waals surface area contributed by atoms with Crippen molar-refractivity contribution in [2.45, 2.75) is 19.4 Å². The van der Waals surface area contributed by atoms with Crippen LogP contribution in [0.5, 0.6) is 0 Å². The van der Waals surface area contributed by atoms with E-state index in [4.69, 9.17) is 11.6 Å². The quantitative estimate of drug-likeness (QED) is 0.808. The van der Waals surface area contributed by atoms with Crippen LogP contribution < -0.4 is 10.6 Å². The largest absolute Gasteiger partial charge is 0.383 e. The van der Waals surface area contributed by atoms with Gasteiger partial charge < -0.3 is 15.7 Å². The number of aromatic nitrogens is 2. The van der Waals surface area contributed by atoms with Gasteiger partial charge in [-0.3, -0.25) is 4.68 Å². The summed E-state index contributed by atoms with van der Waals surface area (Å²) in [6.07, 6.45) is 3.27. The van der Waals surface area contributed by atoms with Crippen molar-refractivity contribution in [3.05, 3.63) is 46.7 Å². The van der Waals surface area contributed by atoms with Gasteiger partial charge in [-0.25, -0.2) is 4.79 Å². The molecule has 6 nitrogen and oxygen atoms in total. The maximum atomic E-state index is 11.9. The van der Waals surface area contributed by atoms with E-state index < -0.39 is 11.6 Å². The first-order valence-electron chi connectivity index (χ1n) is 6.81. The number of halogens is 1. The molecule has 7 heteroatoms. The Hall–Kier alpha value is -2.05. The number of rotatable bonds is 4. The van der Waals surface area contributed by atoms with Crippen LogP contribution in [0.3, 0.4) is 0 Å². The van der Waals surface area contributed by atoms with Crippen LogP contribution in [0.15, 0.2) is 30.6 Å². The SMILES string of the molecule is Cc1cccc(NC(=O)NCC(C)(O)c2cnn(C)c2)c1Cl. The number of hydrogen-bond donors (Lipinski definition) is 3. The molecule has 2 rings (SSSR count). The van der Waals surface area contributed by atoms with Crippen molar-refractivity contribution in [1.82, 2.24) is 15.1 Å². The number of benzene rings is 1. The molecule has 1 unspecified atom stereocenters. The van der Waals surface area contributed by atoms with Gasteiger partial charge in [0, 0.05) is 18.8 Å². The second-order valence-corrected chi connectivity index (χ2v) is 5.80. The average Bonchev–Trinajstić information content (AvgIpc) is 2.89. The number of carbonyl (C=O) groups is 1. The Morgan fingerprint density at radius 1 is 1.50 bits per heavy atom. The topological polar surface area (TPSA) is 79.2 Å². The molecular weight excluding hydrogens is 304 g/mol. The van der Waals surface area contributed by atoms with Crippen molar-refractivity contribution in [2.24, 2.45) is 7.05 Å². The summed E-state index contributed by atoms with van der Waals surface area (Å²) in [6.45, 7) is 3.52. The third kappa shape index (κ3) is 3.78. The third-order valence-corrected chi connectivity index (χ3v) is 3.86. The summed E-state index contributed by atoms with van der Waals surface area (Å²) < 4.78 is 1.59. The number of amides is 2. The van der Waals surface area contributed by atoms with Gasteiger partial charge in [0.15, 0.2) is 0 Å². The van der Waals surface area contributed by atoms with E-state index in [1.165, 1.54) is 0 Å². The smallest absolute Gasteiger partial charge is 0.319 e. The van der Waals surface area contributed by atoms with Gasteiger partial charge in [0.2, 0.25) is 0 Å². The minimum atomic E-state index is -1.21. The molecule has 3 N–H and O–H groups in total. The number of anilines is 1. The predicted molar refractivity (Wildman–Crippen MR) is 86.0 cm³/mol. The van der Waals surface area contributed by atoms with Gasteiger partial charge in [-0.2, -0.15) is 5.10 Å². The fourth-order valence-corrected chi connectivity index (χ4v) is 2.14. The molecule has 0 bridgehead atoms. The van der Waals surface area contributed by atoms with Crippen molar-refractivity contribution in [1.29, 1.82) is 0 Å². The number of hydrogen-bond acceptors (Lipinski definition) is 3. The van der Waals surface area contributed by atoms with E-state index in [-0.39, 0.29) is 6.54 Å². The van der Waals surface area contributed by atoms with Crippen molar-refractivity contribution in [2.75, 3.05) is 11.9 Å². The Kier molecular flexibility index (Phi) is 4.73. The Bertz CT molecular complexity index is 682. The molecule has 22 heavy (non-hydrogen) atoms. The van der Waals surface area contributed by atoms with Gasteiger partial charge in [-0.05, 0) is 25.5 Å². The molecule has 0 aliphatic heterocycles. The number of nitrogens with zero attached hydrogens (tertiary/aromatic N) is 2. The van der Waals surface area contributed by atoms with Crippen LogP contribution in [0, 0.1) is 6.92 Å². The van der Waals surface area contributed by atoms with Crippen molar-refractivity contribution >= 4 is 23.3 Å². The van der Waals surface area contributed by atoms with Gasteiger partial charge >= 0.3 is 6.03 Å².